The molecular weight excluding hydrogens is 334 g/mol. The first-order valence-electron chi connectivity index (χ1n) is 9.18. The van der Waals surface area contributed by atoms with Gasteiger partial charge in [-0.25, -0.2) is 0 Å². The van der Waals surface area contributed by atoms with Crippen LogP contribution in [0.5, 0.6) is 11.5 Å². The summed E-state index contributed by atoms with van der Waals surface area (Å²) in [6.07, 6.45) is 3.12. The van der Waals surface area contributed by atoms with E-state index in [-0.39, 0.29) is 5.75 Å². The number of nitrogens with zero attached hydrogens (tertiary/aromatic N) is 1. The molecule has 0 aromatic heterocycles. The van der Waals surface area contributed by atoms with E-state index in [1.807, 2.05) is 0 Å². The van der Waals surface area contributed by atoms with Crippen molar-refractivity contribution in [1.29, 1.82) is 0 Å². The molecule has 1 aliphatic rings. The highest BCUT2D eigenvalue weighted by Crippen LogP contribution is 2.22. The van der Waals surface area contributed by atoms with Gasteiger partial charge in [0.1, 0.15) is 11.5 Å². The molecule has 2 rings (SSSR count). The van der Waals surface area contributed by atoms with Crippen LogP contribution in [0, 0.1) is 5.92 Å². The van der Waals surface area contributed by atoms with Crippen molar-refractivity contribution in [3.8, 4) is 11.5 Å². The molecule has 0 radical (unpaired) electrons. The lowest BCUT2D eigenvalue weighted by Gasteiger charge is -2.21. The van der Waals surface area contributed by atoms with E-state index in [0.717, 1.165) is 57.8 Å². The molecule has 3 N–H and O–H groups in total. The zero-order chi connectivity index (χ0) is 18.6. The van der Waals surface area contributed by atoms with Crippen LogP contribution in [0.3, 0.4) is 0 Å². The molecule has 0 saturated carbocycles. The van der Waals surface area contributed by atoms with Crippen molar-refractivity contribution >= 4 is 5.96 Å². The van der Waals surface area contributed by atoms with Gasteiger partial charge >= 0.3 is 0 Å². The lowest BCUT2D eigenvalue weighted by Crippen LogP contribution is -2.37. The molecule has 1 aliphatic heterocycles. The van der Waals surface area contributed by atoms with Gasteiger partial charge in [0, 0.05) is 52.1 Å². The average molecular weight is 365 g/mol. The quantitative estimate of drug-likeness (QED) is 0.352. The van der Waals surface area contributed by atoms with Crippen molar-refractivity contribution in [2.24, 2.45) is 10.9 Å². The molecule has 1 heterocycles. The van der Waals surface area contributed by atoms with Crippen molar-refractivity contribution < 1.29 is 19.3 Å². The summed E-state index contributed by atoms with van der Waals surface area (Å²) in [5, 5.41) is 16.4. The summed E-state index contributed by atoms with van der Waals surface area (Å²) >= 11 is 0. The van der Waals surface area contributed by atoms with Crippen molar-refractivity contribution in [2.45, 2.75) is 25.8 Å². The topological polar surface area (TPSA) is 84.3 Å². The number of nitrogens with one attached hydrogen (secondary N) is 2. The second kappa shape index (κ2) is 11.6. The molecule has 7 nitrogen and oxygen atoms in total. The summed E-state index contributed by atoms with van der Waals surface area (Å²) in [6, 6.07) is 5.16. The van der Waals surface area contributed by atoms with E-state index in [9.17, 15) is 5.11 Å². The second-order valence-corrected chi connectivity index (χ2v) is 6.33. The largest absolute Gasteiger partial charge is 0.508 e. The number of methoxy groups -OCH3 is 1. The van der Waals surface area contributed by atoms with E-state index < -0.39 is 0 Å². The lowest BCUT2D eigenvalue weighted by molar-refractivity contribution is 0.0203. The van der Waals surface area contributed by atoms with Gasteiger partial charge in [-0.1, -0.05) is 0 Å². The predicted octanol–water partition coefficient (Wildman–Crippen LogP) is 1.90. The zero-order valence-electron chi connectivity index (χ0n) is 15.8. The first kappa shape index (κ1) is 20.3. The average Bonchev–Trinajstić information content (AvgIpc) is 2.68. The summed E-state index contributed by atoms with van der Waals surface area (Å²) in [7, 11) is 3.33. The fourth-order valence-corrected chi connectivity index (χ4v) is 2.77. The van der Waals surface area contributed by atoms with Gasteiger partial charge in [0.05, 0.1) is 7.11 Å². The molecule has 1 aromatic carbocycles. The summed E-state index contributed by atoms with van der Waals surface area (Å²) in [5.74, 6) is 2.28. The van der Waals surface area contributed by atoms with Crippen LogP contribution >= 0.6 is 0 Å². The third kappa shape index (κ3) is 7.09. The molecule has 0 unspecified atom stereocenters. The summed E-state index contributed by atoms with van der Waals surface area (Å²) in [5.41, 5.74) is 0.757. The standard InChI is InChI=1S/C19H31N3O4/c1-20-19(22-13-16-12-17(24-2)4-5-18(16)23)21-8-3-9-26-14-15-6-10-25-11-7-15/h4-5,12,15,23H,3,6-11,13-14H2,1-2H3,(H2,20,21,22). The maximum absolute atomic E-state index is 9.92. The van der Waals surface area contributed by atoms with Crippen molar-refractivity contribution in [2.75, 3.05) is 47.1 Å². The van der Waals surface area contributed by atoms with Crippen LogP contribution in [-0.4, -0.2) is 58.2 Å². The van der Waals surface area contributed by atoms with E-state index in [4.69, 9.17) is 14.2 Å². The number of aliphatic imine (C=N–C) groups is 1. The molecule has 0 bridgehead atoms. The first-order valence-corrected chi connectivity index (χ1v) is 9.18. The van der Waals surface area contributed by atoms with Gasteiger partial charge < -0.3 is 30.0 Å². The van der Waals surface area contributed by atoms with Gasteiger partial charge in [0.2, 0.25) is 0 Å². The van der Waals surface area contributed by atoms with Crippen molar-refractivity contribution in [3.05, 3.63) is 23.8 Å². The Labute approximate surface area is 155 Å². The third-order valence-electron chi connectivity index (χ3n) is 4.41. The van der Waals surface area contributed by atoms with Crippen molar-refractivity contribution in [3.63, 3.8) is 0 Å². The Morgan fingerprint density at radius 2 is 2.12 bits per heavy atom. The summed E-state index contributed by atoms with van der Waals surface area (Å²) in [6.45, 7) is 4.52. The molecule has 146 valence electrons. The Morgan fingerprint density at radius 3 is 2.85 bits per heavy atom. The number of hydrogen-bond donors (Lipinski definition) is 3. The molecule has 7 heteroatoms. The number of guanidine groups is 1. The fourth-order valence-electron chi connectivity index (χ4n) is 2.77. The van der Waals surface area contributed by atoms with Crippen molar-refractivity contribution in [1.82, 2.24) is 10.6 Å². The van der Waals surface area contributed by atoms with E-state index in [1.54, 1.807) is 32.4 Å². The van der Waals surface area contributed by atoms with Crippen LogP contribution in [-0.2, 0) is 16.0 Å². The normalized spacial score (nSPS) is 15.7. The Morgan fingerprint density at radius 1 is 1.31 bits per heavy atom. The third-order valence-corrected chi connectivity index (χ3v) is 4.41. The Balaban J connectivity index is 1.60. The maximum atomic E-state index is 9.92. The summed E-state index contributed by atoms with van der Waals surface area (Å²) in [4.78, 5) is 4.19. The minimum atomic E-state index is 0.232. The van der Waals surface area contributed by atoms with Crippen LogP contribution in [0.2, 0.25) is 0 Å². The van der Waals surface area contributed by atoms with Crippen LogP contribution < -0.4 is 15.4 Å². The summed E-state index contributed by atoms with van der Waals surface area (Å²) < 4.78 is 16.3. The number of hydrogen-bond acceptors (Lipinski definition) is 5. The molecule has 1 fully saturated rings. The van der Waals surface area contributed by atoms with E-state index in [0.29, 0.717) is 24.2 Å². The maximum Gasteiger partial charge on any atom is 0.191 e. The molecule has 0 atom stereocenters. The van der Waals surface area contributed by atoms with Crippen LogP contribution in [0.1, 0.15) is 24.8 Å². The molecule has 26 heavy (non-hydrogen) atoms. The Hall–Kier alpha value is -1.99. The first-order chi connectivity index (χ1) is 12.7. The van der Waals surface area contributed by atoms with Gasteiger partial charge in [0.15, 0.2) is 5.96 Å². The van der Waals surface area contributed by atoms with Gasteiger partial charge in [-0.3, -0.25) is 4.99 Å². The highest BCUT2D eigenvalue weighted by molar-refractivity contribution is 5.79. The molecule has 1 aromatic rings. The Bertz CT molecular complexity index is 560. The van der Waals surface area contributed by atoms with Gasteiger partial charge in [-0.2, -0.15) is 0 Å². The smallest absolute Gasteiger partial charge is 0.191 e. The highest BCUT2D eigenvalue weighted by Gasteiger charge is 2.13. The monoisotopic (exact) mass is 365 g/mol. The molecule has 0 aliphatic carbocycles. The highest BCUT2D eigenvalue weighted by atomic mass is 16.5. The molecule has 0 spiro atoms. The van der Waals surface area contributed by atoms with Gasteiger partial charge in [-0.05, 0) is 43.4 Å². The minimum absolute atomic E-state index is 0.232. The number of rotatable bonds is 9. The van der Waals surface area contributed by atoms with E-state index in [1.165, 1.54) is 0 Å². The minimum Gasteiger partial charge on any atom is -0.508 e. The van der Waals surface area contributed by atoms with Crippen LogP contribution in [0.25, 0.3) is 0 Å². The molecule has 0 amide bonds. The number of benzene rings is 1. The number of aromatic hydroxyl groups is 1. The predicted molar refractivity (Wildman–Crippen MR) is 102 cm³/mol. The molecular formula is C19H31N3O4. The SMILES string of the molecule is CN=C(NCCCOCC1CCOCC1)NCc1cc(OC)ccc1O. The number of phenols is 1. The van der Waals surface area contributed by atoms with E-state index >= 15 is 0 Å². The number of phenolic OH excluding ortho intramolecular Hbond substituents is 1. The van der Waals surface area contributed by atoms with Gasteiger partial charge in [-0.15, -0.1) is 0 Å². The zero-order valence-corrected chi connectivity index (χ0v) is 15.8. The van der Waals surface area contributed by atoms with E-state index in [2.05, 4.69) is 15.6 Å². The number of ether oxygens (including phenoxy) is 3. The lowest BCUT2D eigenvalue weighted by atomic mass is 10.0. The van der Waals surface area contributed by atoms with Gasteiger partial charge in [0.25, 0.3) is 0 Å². The molecule has 1 saturated heterocycles. The van der Waals surface area contributed by atoms with Crippen LogP contribution in [0.15, 0.2) is 23.2 Å². The Kier molecular flexibility index (Phi) is 9.06. The fraction of sp³-hybridized carbons (Fsp3) is 0.632. The second-order valence-electron chi connectivity index (χ2n) is 6.33. The van der Waals surface area contributed by atoms with Crippen LogP contribution in [0.4, 0.5) is 0 Å².